The summed E-state index contributed by atoms with van der Waals surface area (Å²) < 4.78 is 0. The molecule has 0 radical (unpaired) electrons. The van der Waals surface area contributed by atoms with Crippen molar-refractivity contribution in [3.05, 3.63) is 100 Å². The molecule has 0 bridgehead atoms. The zero-order valence-corrected chi connectivity index (χ0v) is 22.2. The van der Waals surface area contributed by atoms with Gasteiger partial charge in [0.25, 0.3) is 0 Å². The van der Waals surface area contributed by atoms with E-state index in [4.69, 9.17) is 0 Å². The molecule has 0 unspecified atom stereocenters. The van der Waals surface area contributed by atoms with Crippen molar-refractivity contribution in [2.75, 3.05) is 28.2 Å². The van der Waals surface area contributed by atoms with Gasteiger partial charge >= 0.3 is 21.1 Å². The Hall–Kier alpha value is -2.26. The monoisotopic (exact) mass is 609 g/mol. The zero-order chi connectivity index (χ0) is 22.6. The van der Waals surface area contributed by atoms with Crippen LogP contribution in [0.1, 0.15) is 22.3 Å². The first-order valence-corrected chi connectivity index (χ1v) is 10.5. The molecule has 0 spiro atoms. The summed E-state index contributed by atoms with van der Waals surface area (Å²) >= 11 is 0. The van der Waals surface area contributed by atoms with Gasteiger partial charge in [0.15, 0.2) is 0 Å². The third kappa shape index (κ3) is 11.4. The molecule has 0 heterocycles. The van der Waals surface area contributed by atoms with Crippen molar-refractivity contribution < 1.29 is 21.1 Å². The first-order valence-electron chi connectivity index (χ1n) is 10.5. The smallest absolute Gasteiger partial charge is 0.443 e. The van der Waals surface area contributed by atoms with E-state index in [0.717, 1.165) is 24.5 Å². The average Bonchev–Trinajstić information content (AvgIpc) is 2.71. The molecule has 0 aromatic heterocycles. The first-order chi connectivity index (χ1) is 14.8. The Balaban J connectivity index is 0.000000316. The summed E-state index contributed by atoms with van der Waals surface area (Å²) in [6.07, 6.45) is 1.59. The molecule has 0 aliphatic rings. The van der Waals surface area contributed by atoms with Gasteiger partial charge in [0.05, 0.1) is 0 Å². The molecule has 0 N–H and O–H groups in total. The average molecular weight is 610 g/mol. The van der Waals surface area contributed by atoms with E-state index in [0.29, 0.717) is 0 Å². The zero-order valence-electron chi connectivity index (χ0n) is 19.9. The number of rotatable bonds is 7. The van der Waals surface area contributed by atoms with Crippen LogP contribution < -0.4 is 0 Å². The van der Waals surface area contributed by atoms with Crippen LogP contribution in [0, 0.1) is 19.9 Å². The molecule has 3 rings (SSSR count). The Morgan fingerprint density at radius 1 is 0.750 bits per heavy atom. The standard InChI is InChI=1S/C15H15N2.C12H19N2.Pt/c1-12-3-7-14(8-4-12)16-11-17-15-9-5-13(2)6-10-15;1-13(2)9-11-6-5-7-12(8-11)10-14(3)4;/h3-11H,1-2H3;5-7H,9-10H2,1-4H3;/q2*-1;+2. The van der Waals surface area contributed by atoms with E-state index in [9.17, 15) is 0 Å². The van der Waals surface area contributed by atoms with Gasteiger partial charge in [0, 0.05) is 13.1 Å². The maximum Gasteiger partial charge on any atom is 2.00 e. The van der Waals surface area contributed by atoms with Gasteiger partial charge in [-0.1, -0.05) is 66.0 Å². The number of aliphatic imine (C=N–C) groups is 1. The van der Waals surface area contributed by atoms with E-state index in [2.05, 4.69) is 86.4 Å². The van der Waals surface area contributed by atoms with Gasteiger partial charge in [-0.05, 0) is 53.4 Å². The summed E-state index contributed by atoms with van der Waals surface area (Å²) in [5, 5.41) is 4.27. The number of benzene rings is 3. The number of aryl methyl sites for hydroxylation is 2. The minimum atomic E-state index is 0. The third-order valence-corrected chi connectivity index (χ3v) is 4.37. The molecule has 0 aliphatic heterocycles. The minimum absolute atomic E-state index is 0. The van der Waals surface area contributed by atoms with Crippen LogP contribution in [0.4, 0.5) is 11.4 Å². The van der Waals surface area contributed by atoms with Crippen LogP contribution in [0.5, 0.6) is 0 Å². The Morgan fingerprint density at radius 2 is 1.22 bits per heavy atom. The molecule has 3 aromatic carbocycles. The van der Waals surface area contributed by atoms with Crippen molar-refractivity contribution in [2.45, 2.75) is 26.9 Å². The van der Waals surface area contributed by atoms with E-state index in [1.807, 2.05) is 48.5 Å². The van der Waals surface area contributed by atoms with Crippen molar-refractivity contribution in [1.29, 1.82) is 0 Å². The summed E-state index contributed by atoms with van der Waals surface area (Å²) in [6.45, 7) is 6.04. The van der Waals surface area contributed by atoms with Crippen LogP contribution in [0.15, 0.2) is 71.7 Å². The molecule has 0 saturated heterocycles. The van der Waals surface area contributed by atoms with Gasteiger partial charge in [-0.2, -0.15) is 24.3 Å². The van der Waals surface area contributed by atoms with Gasteiger partial charge in [0.1, 0.15) is 0 Å². The van der Waals surface area contributed by atoms with Crippen molar-refractivity contribution >= 4 is 17.7 Å². The Bertz CT molecular complexity index is 907. The molecule has 0 aliphatic carbocycles. The topological polar surface area (TPSA) is 32.9 Å². The second-order valence-corrected chi connectivity index (χ2v) is 8.22. The molecular formula is C27H34N4Pt. The molecule has 4 nitrogen and oxygen atoms in total. The van der Waals surface area contributed by atoms with Gasteiger partial charge in [-0.25, -0.2) is 0 Å². The van der Waals surface area contributed by atoms with Gasteiger partial charge < -0.3 is 20.1 Å². The second-order valence-electron chi connectivity index (χ2n) is 8.22. The van der Waals surface area contributed by atoms with E-state index < -0.39 is 0 Å². The third-order valence-electron chi connectivity index (χ3n) is 4.37. The van der Waals surface area contributed by atoms with Crippen molar-refractivity contribution in [2.24, 2.45) is 4.99 Å². The van der Waals surface area contributed by atoms with Gasteiger partial charge in [-0.15, -0.1) is 11.1 Å². The molecular weight excluding hydrogens is 575 g/mol. The fourth-order valence-corrected chi connectivity index (χ4v) is 2.86. The van der Waals surface area contributed by atoms with Crippen molar-refractivity contribution in [3.63, 3.8) is 0 Å². The molecule has 0 fully saturated rings. The maximum atomic E-state index is 4.27. The SMILES string of the molecule is CN(C)Cc1[c-]c(CN(C)C)ccc1.Cc1ccc(N=C[N-]c2ccc(C)cc2)cc1.[Pt+2]. The summed E-state index contributed by atoms with van der Waals surface area (Å²) in [5.41, 5.74) is 6.83. The molecule has 0 saturated carbocycles. The predicted octanol–water partition coefficient (Wildman–Crippen LogP) is 6.28. The molecule has 3 aromatic rings. The fraction of sp³-hybridized carbons (Fsp3) is 0.296. The minimum Gasteiger partial charge on any atom is -0.443 e. The van der Waals surface area contributed by atoms with E-state index in [1.54, 1.807) is 6.34 Å². The maximum absolute atomic E-state index is 4.27. The summed E-state index contributed by atoms with van der Waals surface area (Å²) in [7, 11) is 8.30. The van der Waals surface area contributed by atoms with Crippen LogP contribution in [0.2, 0.25) is 0 Å². The Kier molecular flexibility index (Phi) is 12.8. The quantitative estimate of drug-likeness (QED) is 0.180. The summed E-state index contributed by atoms with van der Waals surface area (Å²) in [5.74, 6) is 0. The van der Waals surface area contributed by atoms with E-state index >= 15 is 0 Å². The predicted molar refractivity (Wildman–Crippen MR) is 134 cm³/mol. The number of hydrogen-bond donors (Lipinski definition) is 0. The van der Waals surface area contributed by atoms with E-state index in [-0.39, 0.29) is 21.1 Å². The van der Waals surface area contributed by atoms with Crippen molar-refractivity contribution in [3.8, 4) is 0 Å². The Morgan fingerprint density at radius 3 is 1.69 bits per heavy atom. The van der Waals surface area contributed by atoms with Gasteiger partial charge in [-0.3, -0.25) is 0 Å². The van der Waals surface area contributed by atoms with Crippen LogP contribution in [-0.4, -0.2) is 44.3 Å². The summed E-state index contributed by atoms with van der Waals surface area (Å²) in [6, 6.07) is 25.9. The van der Waals surface area contributed by atoms with E-state index in [1.165, 1.54) is 22.3 Å². The molecule has 172 valence electrons. The van der Waals surface area contributed by atoms with Gasteiger partial charge in [0.2, 0.25) is 0 Å². The normalized spacial score (nSPS) is 10.6. The number of hydrogen-bond acceptors (Lipinski definition) is 3. The Labute approximate surface area is 208 Å². The molecule has 0 amide bonds. The second kappa shape index (κ2) is 14.7. The van der Waals surface area contributed by atoms with Crippen LogP contribution in [-0.2, 0) is 34.2 Å². The fourth-order valence-electron chi connectivity index (χ4n) is 2.86. The largest absolute Gasteiger partial charge is 2.00 e. The molecule has 32 heavy (non-hydrogen) atoms. The van der Waals surface area contributed by atoms with Crippen LogP contribution >= 0.6 is 0 Å². The molecule has 5 heteroatoms. The molecule has 0 atom stereocenters. The van der Waals surface area contributed by atoms with Crippen LogP contribution in [0.3, 0.4) is 0 Å². The van der Waals surface area contributed by atoms with Crippen molar-refractivity contribution in [1.82, 2.24) is 9.80 Å². The number of nitrogens with zero attached hydrogens (tertiary/aromatic N) is 4. The van der Waals surface area contributed by atoms with Crippen LogP contribution in [0.25, 0.3) is 5.32 Å². The first kappa shape index (κ1) is 27.8. The summed E-state index contributed by atoms with van der Waals surface area (Å²) in [4.78, 5) is 8.59.